The molecule has 1 aromatic rings. The van der Waals surface area contributed by atoms with Crippen molar-refractivity contribution in [3.05, 3.63) is 10.8 Å². The lowest BCUT2D eigenvalue weighted by Gasteiger charge is -2.14. The monoisotopic (exact) mass is 199 g/mol. The van der Waals surface area contributed by atoms with Gasteiger partial charge in [0, 0.05) is 18.4 Å². The van der Waals surface area contributed by atoms with Gasteiger partial charge in [0.05, 0.1) is 0 Å². The van der Waals surface area contributed by atoms with Crippen LogP contribution >= 0.6 is 11.5 Å². The zero-order chi connectivity index (χ0) is 9.84. The second kappa shape index (κ2) is 4.67. The molecule has 1 heterocycles. The van der Waals surface area contributed by atoms with Crippen LogP contribution < -0.4 is 5.73 Å². The summed E-state index contributed by atoms with van der Waals surface area (Å²) < 4.78 is 4.25. The number of nitrogens with two attached hydrogens (primary N) is 1. The van der Waals surface area contributed by atoms with Gasteiger partial charge in [0.25, 0.3) is 0 Å². The van der Waals surface area contributed by atoms with Gasteiger partial charge in [-0.3, -0.25) is 0 Å². The Hall–Kier alpha value is -0.480. The Balaban J connectivity index is 2.70. The molecule has 0 fully saturated rings. The molecule has 0 spiro atoms. The average Bonchev–Trinajstić information content (AvgIpc) is 2.63. The van der Waals surface area contributed by atoms with Gasteiger partial charge in [0.2, 0.25) is 0 Å². The first-order chi connectivity index (χ1) is 6.19. The largest absolute Gasteiger partial charge is 0.327 e. The van der Waals surface area contributed by atoms with E-state index in [-0.39, 0.29) is 6.04 Å². The van der Waals surface area contributed by atoms with Crippen molar-refractivity contribution in [3.8, 4) is 0 Å². The first-order valence-corrected chi connectivity index (χ1v) is 5.54. The molecule has 0 radical (unpaired) electrons. The summed E-state index contributed by atoms with van der Waals surface area (Å²) >= 11 is 1.48. The molecule has 0 saturated carbocycles. The number of aromatic nitrogens is 2. The molecule has 74 valence electrons. The van der Waals surface area contributed by atoms with E-state index in [0.29, 0.717) is 5.92 Å². The van der Waals surface area contributed by atoms with Crippen LogP contribution in [-0.4, -0.2) is 15.4 Å². The molecule has 0 aliphatic rings. The fraction of sp³-hybridized carbons (Fsp3) is 0.778. The van der Waals surface area contributed by atoms with Crippen LogP contribution in [0.5, 0.6) is 0 Å². The third-order valence-corrected chi connectivity index (χ3v) is 3.26. The van der Waals surface area contributed by atoms with Crippen molar-refractivity contribution in [2.75, 3.05) is 0 Å². The highest BCUT2D eigenvalue weighted by atomic mass is 32.1. The van der Waals surface area contributed by atoms with Crippen LogP contribution in [0.25, 0.3) is 0 Å². The summed E-state index contributed by atoms with van der Waals surface area (Å²) in [4.78, 5) is 4.43. The molecule has 0 saturated heterocycles. The van der Waals surface area contributed by atoms with Crippen molar-refractivity contribution in [3.63, 3.8) is 0 Å². The van der Waals surface area contributed by atoms with E-state index in [0.717, 1.165) is 23.7 Å². The summed E-state index contributed by atoms with van der Waals surface area (Å²) in [6, 6.07) is 0.206. The third kappa shape index (κ3) is 2.48. The minimum Gasteiger partial charge on any atom is -0.327 e. The average molecular weight is 199 g/mol. The van der Waals surface area contributed by atoms with Gasteiger partial charge in [-0.25, -0.2) is 4.98 Å². The maximum absolute atomic E-state index is 5.94. The number of rotatable bonds is 4. The van der Waals surface area contributed by atoms with Crippen molar-refractivity contribution in [1.29, 1.82) is 0 Å². The molecule has 13 heavy (non-hydrogen) atoms. The Kier molecular flexibility index (Phi) is 3.81. The third-order valence-electron chi connectivity index (χ3n) is 2.30. The molecule has 1 rings (SSSR count). The van der Waals surface area contributed by atoms with Crippen molar-refractivity contribution >= 4 is 11.5 Å². The molecule has 0 aliphatic heterocycles. The Morgan fingerprint density at radius 1 is 1.46 bits per heavy atom. The SMILES string of the molecule is CCc1nsc(C(C)C(N)CC)n1. The van der Waals surface area contributed by atoms with Crippen molar-refractivity contribution in [2.45, 2.75) is 45.6 Å². The predicted molar refractivity (Wildman–Crippen MR) is 56.0 cm³/mol. The molecule has 0 bridgehead atoms. The number of nitrogens with zero attached hydrogens (tertiary/aromatic N) is 2. The highest BCUT2D eigenvalue weighted by Crippen LogP contribution is 2.21. The van der Waals surface area contributed by atoms with Gasteiger partial charge in [-0.05, 0) is 18.0 Å². The molecular formula is C9H17N3S. The molecule has 4 heteroatoms. The lowest BCUT2D eigenvalue weighted by atomic mass is 10.0. The molecule has 0 aliphatic carbocycles. The molecular weight excluding hydrogens is 182 g/mol. The zero-order valence-corrected chi connectivity index (χ0v) is 9.27. The fourth-order valence-electron chi connectivity index (χ4n) is 1.13. The van der Waals surface area contributed by atoms with Gasteiger partial charge < -0.3 is 5.73 Å². The van der Waals surface area contributed by atoms with E-state index in [1.54, 1.807) is 0 Å². The van der Waals surface area contributed by atoms with Gasteiger partial charge in [-0.15, -0.1) is 0 Å². The van der Waals surface area contributed by atoms with E-state index in [4.69, 9.17) is 5.73 Å². The van der Waals surface area contributed by atoms with Crippen LogP contribution in [0, 0.1) is 0 Å². The molecule has 2 N–H and O–H groups in total. The summed E-state index contributed by atoms with van der Waals surface area (Å²) in [7, 11) is 0. The van der Waals surface area contributed by atoms with Gasteiger partial charge in [-0.2, -0.15) is 4.37 Å². The van der Waals surface area contributed by atoms with Crippen LogP contribution in [0.3, 0.4) is 0 Å². The standard InChI is InChI=1S/C9H17N3S/c1-4-7(10)6(3)9-11-8(5-2)12-13-9/h6-7H,4-5,10H2,1-3H3. The molecule has 2 unspecified atom stereocenters. The molecule has 0 amide bonds. The number of aryl methyl sites for hydroxylation is 1. The normalized spacial score (nSPS) is 15.7. The molecule has 3 nitrogen and oxygen atoms in total. The van der Waals surface area contributed by atoms with E-state index in [2.05, 4.69) is 30.1 Å². The quantitative estimate of drug-likeness (QED) is 0.806. The van der Waals surface area contributed by atoms with E-state index >= 15 is 0 Å². The maximum Gasteiger partial charge on any atom is 0.142 e. The first kappa shape index (κ1) is 10.6. The minimum absolute atomic E-state index is 0.206. The lowest BCUT2D eigenvalue weighted by Crippen LogP contribution is -2.25. The van der Waals surface area contributed by atoms with E-state index in [1.807, 2.05) is 0 Å². The highest BCUT2D eigenvalue weighted by Gasteiger charge is 2.16. The molecule has 1 aromatic heterocycles. The van der Waals surface area contributed by atoms with E-state index in [9.17, 15) is 0 Å². The summed E-state index contributed by atoms with van der Waals surface area (Å²) in [6.45, 7) is 6.29. The van der Waals surface area contributed by atoms with Gasteiger partial charge in [0.1, 0.15) is 10.8 Å². The van der Waals surface area contributed by atoms with E-state index < -0.39 is 0 Å². The summed E-state index contributed by atoms with van der Waals surface area (Å²) in [5.41, 5.74) is 5.94. The van der Waals surface area contributed by atoms with Gasteiger partial charge in [0.15, 0.2) is 0 Å². The van der Waals surface area contributed by atoms with Crippen LogP contribution in [0.2, 0.25) is 0 Å². The Labute approximate surface area is 83.5 Å². The van der Waals surface area contributed by atoms with Gasteiger partial charge in [-0.1, -0.05) is 20.8 Å². The maximum atomic E-state index is 5.94. The van der Waals surface area contributed by atoms with Crippen LogP contribution in [0.4, 0.5) is 0 Å². The van der Waals surface area contributed by atoms with Crippen LogP contribution in [0.1, 0.15) is 43.9 Å². The number of hydrogen-bond acceptors (Lipinski definition) is 4. The Bertz CT molecular complexity index is 259. The summed E-state index contributed by atoms with van der Waals surface area (Å²) in [6.07, 6.45) is 1.90. The molecule has 2 atom stereocenters. The topological polar surface area (TPSA) is 51.8 Å². The van der Waals surface area contributed by atoms with Crippen molar-refractivity contribution < 1.29 is 0 Å². The second-order valence-electron chi connectivity index (χ2n) is 3.26. The van der Waals surface area contributed by atoms with Crippen LogP contribution in [-0.2, 0) is 6.42 Å². The van der Waals surface area contributed by atoms with Crippen molar-refractivity contribution in [2.24, 2.45) is 5.73 Å². The Morgan fingerprint density at radius 3 is 2.62 bits per heavy atom. The smallest absolute Gasteiger partial charge is 0.142 e. The first-order valence-electron chi connectivity index (χ1n) is 4.77. The number of hydrogen-bond donors (Lipinski definition) is 1. The Morgan fingerprint density at radius 2 is 2.15 bits per heavy atom. The molecule has 0 aromatic carbocycles. The van der Waals surface area contributed by atoms with Crippen LogP contribution in [0.15, 0.2) is 0 Å². The highest BCUT2D eigenvalue weighted by molar-refractivity contribution is 7.05. The minimum atomic E-state index is 0.206. The second-order valence-corrected chi connectivity index (χ2v) is 4.05. The summed E-state index contributed by atoms with van der Waals surface area (Å²) in [5, 5.41) is 1.08. The zero-order valence-electron chi connectivity index (χ0n) is 8.45. The fourth-order valence-corrected chi connectivity index (χ4v) is 1.99. The van der Waals surface area contributed by atoms with Crippen molar-refractivity contribution in [1.82, 2.24) is 9.36 Å². The lowest BCUT2D eigenvalue weighted by molar-refractivity contribution is 0.548. The summed E-state index contributed by atoms with van der Waals surface area (Å²) in [5.74, 6) is 1.28. The van der Waals surface area contributed by atoms with E-state index in [1.165, 1.54) is 11.5 Å². The predicted octanol–water partition coefficient (Wildman–Crippen LogP) is 1.94. The van der Waals surface area contributed by atoms with Gasteiger partial charge >= 0.3 is 0 Å².